The predicted molar refractivity (Wildman–Crippen MR) is 98.0 cm³/mol. The lowest BCUT2D eigenvalue weighted by Gasteiger charge is -2.22. The van der Waals surface area contributed by atoms with Crippen LogP contribution < -0.4 is 0 Å². The molecule has 0 saturated carbocycles. The van der Waals surface area contributed by atoms with E-state index in [1.807, 2.05) is 19.2 Å². The first kappa shape index (κ1) is 16.3. The van der Waals surface area contributed by atoms with Crippen molar-refractivity contribution in [1.82, 2.24) is 14.8 Å². The summed E-state index contributed by atoms with van der Waals surface area (Å²) in [6, 6.07) is 12.6. The minimum absolute atomic E-state index is 0.262. The van der Waals surface area contributed by atoms with Gasteiger partial charge in [-0.3, -0.25) is 14.7 Å². The van der Waals surface area contributed by atoms with Crippen LogP contribution >= 0.6 is 0 Å². The molecule has 130 valence electrons. The first-order chi connectivity index (χ1) is 12.2. The van der Waals surface area contributed by atoms with Gasteiger partial charge < -0.3 is 4.90 Å². The highest BCUT2D eigenvalue weighted by atomic mass is 16.2. The van der Waals surface area contributed by atoms with Gasteiger partial charge in [0.15, 0.2) is 0 Å². The molecule has 2 fully saturated rings. The highest BCUT2D eigenvalue weighted by Gasteiger charge is 2.41. The molecule has 2 atom stereocenters. The lowest BCUT2D eigenvalue weighted by atomic mass is 10.0. The SMILES string of the molecule is Cc1cnccc1CC(=O)N1C[C@H]2CN(Cc3ccccc3)C[C@H]2C1. The molecule has 1 amide bonds. The van der Waals surface area contributed by atoms with Crippen LogP contribution in [0.1, 0.15) is 16.7 Å². The van der Waals surface area contributed by atoms with Crippen LogP contribution in [0.3, 0.4) is 0 Å². The molecule has 25 heavy (non-hydrogen) atoms. The number of pyridine rings is 1. The molecule has 3 heterocycles. The van der Waals surface area contributed by atoms with Gasteiger partial charge in [0.25, 0.3) is 0 Å². The number of benzene rings is 1. The third-order valence-electron chi connectivity index (χ3n) is 5.64. The Hall–Kier alpha value is -2.20. The van der Waals surface area contributed by atoms with Crippen LogP contribution in [0, 0.1) is 18.8 Å². The molecule has 0 aliphatic carbocycles. The zero-order chi connectivity index (χ0) is 17.2. The Morgan fingerprint density at radius 3 is 2.48 bits per heavy atom. The second-order valence-corrected chi connectivity index (χ2v) is 7.48. The topological polar surface area (TPSA) is 36.4 Å². The normalized spacial score (nSPS) is 23.0. The number of aromatic nitrogens is 1. The number of fused-ring (bicyclic) bond motifs is 1. The zero-order valence-corrected chi connectivity index (χ0v) is 14.8. The largest absolute Gasteiger partial charge is 0.342 e. The van der Waals surface area contributed by atoms with Crippen LogP contribution in [0.5, 0.6) is 0 Å². The van der Waals surface area contributed by atoms with E-state index < -0.39 is 0 Å². The van der Waals surface area contributed by atoms with E-state index in [0.717, 1.165) is 43.9 Å². The van der Waals surface area contributed by atoms with Gasteiger partial charge in [-0.25, -0.2) is 0 Å². The van der Waals surface area contributed by atoms with E-state index in [2.05, 4.69) is 45.1 Å². The molecule has 1 aromatic heterocycles. The molecular formula is C21H25N3O. The molecule has 0 N–H and O–H groups in total. The maximum Gasteiger partial charge on any atom is 0.227 e. The molecule has 1 aromatic carbocycles. The first-order valence-corrected chi connectivity index (χ1v) is 9.12. The van der Waals surface area contributed by atoms with E-state index in [1.165, 1.54) is 5.56 Å². The van der Waals surface area contributed by atoms with Gasteiger partial charge in [0.05, 0.1) is 6.42 Å². The van der Waals surface area contributed by atoms with E-state index in [0.29, 0.717) is 18.3 Å². The lowest BCUT2D eigenvalue weighted by molar-refractivity contribution is -0.129. The maximum absolute atomic E-state index is 12.7. The molecule has 0 radical (unpaired) electrons. The van der Waals surface area contributed by atoms with Crippen LogP contribution in [-0.4, -0.2) is 46.9 Å². The van der Waals surface area contributed by atoms with Crippen molar-refractivity contribution in [2.45, 2.75) is 19.9 Å². The summed E-state index contributed by atoms with van der Waals surface area (Å²) >= 11 is 0. The van der Waals surface area contributed by atoms with Gasteiger partial charge in [-0.1, -0.05) is 30.3 Å². The van der Waals surface area contributed by atoms with Crippen molar-refractivity contribution in [2.75, 3.05) is 26.2 Å². The summed E-state index contributed by atoms with van der Waals surface area (Å²) in [7, 11) is 0. The fourth-order valence-corrected chi connectivity index (χ4v) is 4.24. The molecule has 0 unspecified atom stereocenters. The van der Waals surface area contributed by atoms with Gasteiger partial charge in [-0.05, 0) is 41.5 Å². The van der Waals surface area contributed by atoms with Gasteiger partial charge in [-0.2, -0.15) is 0 Å². The van der Waals surface area contributed by atoms with E-state index >= 15 is 0 Å². The second-order valence-electron chi connectivity index (χ2n) is 7.48. The first-order valence-electron chi connectivity index (χ1n) is 9.12. The summed E-state index contributed by atoms with van der Waals surface area (Å²) in [4.78, 5) is 21.4. The van der Waals surface area contributed by atoms with E-state index in [4.69, 9.17) is 0 Å². The highest BCUT2D eigenvalue weighted by Crippen LogP contribution is 2.32. The smallest absolute Gasteiger partial charge is 0.227 e. The Morgan fingerprint density at radius 2 is 1.80 bits per heavy atom. The molecule has 0 spiro atoms. The Kier molecular flexibility index (Phi) is 4.53. The molecule has 2 saturated heterocycles. The Bertz CT molecular complexity index is 732. The number of hydrogen-bond donors (Lipinski definition) is 0. The van der Waals surface area contributed by atoms with Crippen molar-refractivity contribution in [3.63, 3.8) is 0 Å². The van der Waals surface area contributed by atoms with Crippen LogP contribution in [0.15, 0.2) is 48.8 Å². The van der Waals surface area contributed by atoms with Crippen molar-refractivity contribution in [3.8, 4) is 0 Å². The summed E-state index contributed by atoms with van der Waals surface area (Å²) in [6.45, 7) is 7.10. The Labute approximate surface area is 149 Å². The number of hydrogen-bond acceptors (Lipinski definition) is 3. The quantitative estimate of drug-likeness (QED) is 0.861. The second kappa shape index (κ2) is 6.96. The molecule has 4 heteroatoms. The number of aryl methyl sites for hydroxylation is 1. The number of nitrogens with zero attached hydrogens (tertiary/aromatic N) is 3. The molecule has 2 aliphatic rings. The number of carbonyl (C=O) groups is 1. The molecule has 0 bridgehead atoms. The van der Waals surface area contributed by atoms with Crippen LogP contribution in [-0.2, 0) is 17.8 Å². The molecule has 4 nitrogen and oxygen atoms in total. The number of amides is 1. The van der Waals surface area contributed by atoms with Gasteiger partial charge in [0, 0.05) is 45.1 Å². The highest BCUT2D eigenvalue weighted by molar-refractivity contribution is 5.79. The summed E-state index contributed by atoms with van der Waals surface area (Å²) in [5.74, 6) is 1.52. The lowest BCUT2D eigenvalue weighted by Crippen LogP contribution is -2.34. The third kappa shape index (κ3) is 3.59. The van der Waals surface area contributed by atoms with E-state index in [-0.39, 0.29) is 5.91 Å². The zero-order valence-electron chi connectivity index (χ0n) is 14.8. The van der Waals surface area contributed by atoms with Crippen molar-refractivity contribution < 1.29 is 4.79 Å². The van der Waals surface area contributed by atoms with E-state index in [9.17, 15) is 4.79 Å². The average molecular weight is 335 g/mol. The maximum atomic E-state index is 12.7. The molecular weight excluding hydrogens is 310 g/mol. The Balaban J connectivity index is 1.32. The molecule has 2 aliphatic heterocycles. The summed E-state index contributed by atoms with van der Waals surface area (Å²) in [6.07, 6.45) is 4.11. The van der Waals surface area contributed by atoms with Crippen molar-refractivity contribution in [1.29, 1.82) is 0 Å². The van der Waals surface area contributed by atoms with Gasteiger partial charge in [-0.15, -0.1) is 0 Å². The monoisotopic (exact) mass is 335 g/mol. The van der Waals surface area contributed by atoms with E-state index in [1.54, 1.807) is 6.20 Å². The third-order valence-corrected chi connectivity index (χ3v) is 5.64. The average Bonchev–Trinajstić information content (AvgIpc) is 3.16. The fourth-order valence-electron chi connectivity index (χ4n) is 4.24. The van der Waals surface area contributed by atoms with Crippen molar-refractivity contribution in [2.24, 2.45) is 11.8 Å². The summed E-state index contributed by atoms with van der Waals surface area (Å²) in [5, 5.41) is 0. The Morgan fingerprint density at radius 1 is 1.08 bits per heavy atom. The molecule has 2 aromatic rings. The van der Waals surface area contributed by atoms with Gasteiger partial charge in [0.2, 0.25) is 5.91 Å². The van der Waals surface area contributed by atoms with Crippen molar-refractivity contribution >= 4 is 5.91 Å². The minimum Gasteiger partial charge on any atom is -0.342 e. The standard InChI is InChI=1S/C21H25N3O/c1-16-10-22-8-7-18(16)9-21(25)24-14-19-12-23(13-20(19)15-24)11-17-5-3-2-4-6-17/h2-8,10,19-20H,9,11-15H2,1H3/t19-,20+. The predicted octanol–water partition coefficient (Wildman–Crippen LogP) is 2.52. The number of rotatable bonds is 4. The minimum atomic E-state index is 0.262. The molecule has 4 rings (SSSR count). The van der Waals surface area contributed by atoms with Crippen LogP contribution in [0.4, 0.5) is 0 Å². The summed E-state index contributed by atoms with van der Waals surface area (Å²) < 4.78 is 0. The number of likely N-dealkylation sites (tertiary alicyclic amines) is 2. The van der Waals surface area contributed by atoms with Crippen LogP contribution in [0.25, 0.3) is 0 Å². The van der Waals surface area contributed by atoms with Gasteiger partial charge >= 0.3 is 0 Å². The fraction of sp³-hybridized carbons (Fsp3) is 0.429. The van der Waals surface area contributed by atoms with Gasteiger partial charge in [0.1, 0.15) is 0 Å². The summed E-state index contributed by atoms with van der Waals surface area (Å²) in [5.41, 5.74) is 3.58. The number of carbonyl (C=O) groups excluding carboxylic acids is 1. The van der Waals surface area contributed by atoms with Crippen LogP contribution in [0.2, 0.25) is 0 Å². The van der Waals surface area contributed by atoms with Crippen molar-refractivity contribution in [3.05, 3.63) is 65.5 Å².